The van der Waals surface area contributed by atoms with Crippen molar-refractivity contribution in [1.82, 2.24) is 20.0 Å². The third-order valence-corrected chi connectivity index (χ3v) is 7.11. The van der Waals surface area contributed by atoms with Crippen molar-refractivity contribution in [2.75, 3.05) is 42.6 Å². The Bertz CT molecular complexity index is 1310. The van der Waals surface area contributed by atoms with E-state index < -0.39 is 0 Å². The van der Waals surface area contributed by atoms with E-state index in [0.29, 0.717) is 16.6 Å². The number of nitrogens with zero attached hydrogens (tertiary/aromatic N) is 6. The minimum atomic E-state index is -0.234. The summed E-state index contributed by atoms with van der Waals surface area (Å²) in [4.78, 5) is 22.2. The average molecular weight is 513 g/mol. The molecule has 8 nitrogen and oxygen atoms in total. The van der Waals surface area contributed by atoms with Crippen LogP contribution in [0.4, 0.5) is 11.5 Å². The Kier molecular flexibility index (Phi) is 8.48. The van der Waals surface area contributed by atoms with E-state index in [2.05, 4.69) is 56.3 Å². The summed E-state index contributed by atoms with van der Waals surface area (Å²) in [5.74, 6) is 1.59. The first-order chi connectivity index (χ1) is 18.7. The number of hydrogen-bond donors (Lipinski definition) is 0. The maximum absolute atomic E-state index is 12.9. The van der Waals surface area contributed by atoms with Gasteiger partial charge in [-0.3, -0.25) is 4.79 Å². The highest BCUT2D eigenvalue weighted by Gasteiger charge is 2.20. The molecule has 8 heteroatoms. The van der Waals surface area contributed by atoms with Crippen molar-refractivity contribution in [3.8, 4) is 5.75 Å². The Morgan fingerprint density at radius 1 is 0.842 bits per heavy atom. The van der Waals surface area contributed by atoms with Crippen LogP contribution in [0.1, 0.15) is 55.8 Å². The number of carbonyl (C=O) groups excluding carboxylic acids is 1. The molecule has 1 saturated heterocycles. The molecule has 4 aromatic rings. The Morgan fingerprint density at radius 2 is 1.58 bits per heavy atom. The molecule has 0 amide bonds. The summed E-state index contributed by atoms with van der Waals surface area (Å²) in [6.07, 6.45) is 9.26. The summed E-state index contributed by atoms with van der Waals surface area (Å²) >= 11 is 0. The van der Waals surface area contributed by atoms with Crippen LogP contribution in [0.5, 0.6) is 5.75 Å². The van der Waals surface area contributed by atoms with Crippen molar-refractivity contribution in [3.63, 3.8) is 0 Å². The van der Waals surface area contributed by atoms with Crippen molar-refractivity contribution < 1.29 is 9.53 Å². The largest absolute Gasteiger partial charge is 0.494 e. The molecular weight excluding hydrogens is 476 g/mol. The number of pyridine rings is 1. The highest BCUT2D eigenvalue weighted by molar-refractivity contribution is 6.00. The van der Waals surface area contributed by atoms with Crippen LogP contribution in [0, 0.1) is 0 Å². The highest BCUT2D eigenvalue weighted by atomic mass is 16.5. The van der Waals surface area contributed by atoms with Gasteiger partial charge in [-0.2, -0.15) is 4.68 Å². The van der Waals surface area contributed by atoms with Gasteiger partial charge < -0.3 is 14.5 Å². The molecule has 38 heavy (non-hydrogen) atoms. The quantitative estimate of drug-likeness (QED) is 0.243. The van der Waals surface area contributed by atoms with Gasteiger partial charge in [-0.05, 0) is 55.0 Å². The molecule has 3 heterocycles. The van der Waals surface area contributed by atoms with Crippen molar-refractivity contribution >= 4 is 28.4 Å². The van der Waals surface area contributed by atoms with E-state index in [-0.39, 0.29) is 5.91 Å². The number of carbonyl (C=O) groups is 1. The fourth-order valence-corrected chi connectivity index (χ4v) is 4.86. The standard InChI is InChI=1S/C30H36N6O2/c1-2-3-4-5-6-9-22-38-26-15-13-25(14-16-26)34-18-20-35(21-19-34)29-17-12-24(23-31-29)30(37)36-28-11-8-7-10-27(28)32-33-36/h7-8,10-17,23H,2-6,9,18-22H2,1H3. The maximum Gasteiger partial charge on any atom is 0.281 e. The second-order valence-electron chi connectivity index (χ2n) is 9.78. The third kappa shape index (κ3) is 6.13. The lowest BCUT2D eigenvalue weighted by atomic mass is 10.1. The number of piperazine rings is 1. The zero-order chi connectivity index (χ0) is 26.2. The smallest absolute Gasteiger partial charge is 0.281 e. The van der Waals surface area contributed by atoms with E-state index in [0.717, 1.165) is 50.8 Å². The molecule has 1 fully saturated rings. The Labute approximate surface area is 224 Å². The number of aromatic nitrogens is 4. The van der Waals surface area contributed by atoms with Crippen LogP contribution in [0.15, 0.2) is 66.9 Å². The predicted octanol–water partition coefficient (Wildman–Crippen LogP) is 5.58. The first-order valence-electron chi connectivity index (χ1n) is 13.8. The predicted molar refractivity (Wildman–Crippen MR) is 151 cm³/mol. The van der Waals surface area contributed by atoms with Crippen molar-refractivity contribution in [2.24, 2.45) is 0 Å². The lowest BCUT2D eigenvalue weighted by molar-refractivity contribution is 0.0948. The van der Waals surface area contributed by atoms with Gasteiger partial charge in [0.05, 0.1) is 17.7 Å². The summed E-state index contributed by atoms with van der Waals surface area (Å²) < 4.78 is 7.26. The summed E-state index contributed by atoms with van der Waals surface area (Å²) in [6.45, 7) is 6.58. The van der Waals surface area contributed by atoms with E-state index in [1.165, 1.54) is 42.5 Å². The van der Waals surface area contributed by atoms with E-state index in [1.807, 2.05) is 36.4 Å². The lowest BCUT2D eigenvalue weighted by Gasteiger charge is -2.36. The molecule has 0 spiro atoms. The molecule has 0 N–H and O–H groups in total. The van der Waals surface area contributed by atoms with Crippen LogP contribution in [0.25, 0.3) is 11.0 Å². The number of benzene rings is 2. The molecule has 0 saturated carbocycles. The summed E-state index contributed by atoms with van der Waals surface area (Å²) in [5, 5.41) is 8.10. The number of para-hydroxylation sites is 1. The van der Waals surface area contributed by atoms with Crippen LogP contribution < -0.4 is 14.5 Å². The topological polar surface area (TPSA) is 76.4 Å². The summed E-state index contributed by atoms with van der Waals surface area (Å²) in [6, 6.07) is 19.6. The summed E-state index contributed by atoms with van der Waals surface area (Å²) in [5.41, 5.74) is 3.08. The molecule has 5 rings (SSSR count). The molecule has 0 aliphatic carbocycles. The molecule has 1 aliphatic rings. The second-order valence-corrected chi connectivity index (χ2v) is 9.78. The Morgan fingerprint density at radius 3 is 2.34 bits per heavy atom. The molecule has 2 aromatic carbocycles. The molecule has 0 unspecified atom stereocenters. The molecule has 0 radical (unpaired) electrons. The zero-order valence-corrected chi connectivity index (χ0v) is 22.1. The second kappa shape index (κ2) is 12.5. The number of hydrogen-bond acceptors (Lipinski definition) is 7. The number of ether oxygens (including phenoxy) is 1. The SMILES string of the molecule is CCCCCCCCOc1ccc(N2CCN(c3ccc(C(=O)n4nnc5ccccc54)cn3)CC2)cc1. The molecule has 2 aromatic heterocycles. The molecular formula is C30H36N6O2. The van der Waals surface area contributed by atoms with Crippen molar-refractivity contribution in [1.29, 1.82) is 0 Å². The van der Waals surface area contributed by atoms with Crippen molar-refractivity contribution in [2.45, 2.75) is 45.4 Å². The van der Waals surface area contributed by atoms with Gasteiger partial charge >= 0.3 is 0 Å². The fraction of sp³-hybridized carbons (Fsp3) is 0.400. The maximum atomic E-state index is 12.9. The minimum absolute atomic E-state index is 0.234. The van der Waals surface area contributed by atoms with E-state index >= 15 is 0 Å². The van der Waals surface area contributed by atoms with Gasteiger partial charge in [0, 0.05) is 38.1 Å². The van der Waals surface area contributed by atoms with Crippen LogP contribution in [-0.4, -0.2) is 58.7 Å². The number of unbranched alkanes of at least 4 members (excludes halogenated alkanes) is 5. The van der Waals surface area contributed by atoms with Gasteiger partial charge in [0.1, 0.15) is 17.1 Å². The van der Waals surface area contributed by atoms with Gasteiger partial charge in [0.15, 0.2) is 0 Å². The Hall–Kier alpha value is -3.94. The average Bonchev–Trinajstić information content (AvgIpc) is 3.41. The zero-order valence-electron chi connectivity index (χ0n) is 22.1. The van der Waals surface area contributed by atoms with Crippen LogP contribution in [0.3, 0.4) is 0 Å². The first-order valence-corrected chi connectivity index (χ1v) is 13.8. The van der Waals surface area contributed by atoms with Gasteiger partial charge in [0.25, 0.3) is 5.91 Å². The molecule has 0 atom stereocenters. The first kappa shape index (κ1) is 25.7. The highest BCUT2D eigenvalue weighted by Crippen LogP contribution is 2.23. The fourth-order valence-electron chi connectivity index (χ4n) is 4.86. The molecule has 198 valence electrons. The van der Waals surface area contributed by atoms with Crippen LogP contribution in [-0.2, 0) is 0 Å². The Balaban J connectivity index is 1.09. The van der Waals surface area contributed by atoms with E-state index in [1.54, 1.807) is 6.20 Å². The van der Waals surface area contributed by atoms with E-state index in [9.17, 15) is 4.79 Å². The molecule has 0 bridgehead atoms. The minimum Gasteiger partial charge on any atom is -0.494 e. The monoisotopic (exact) mass is 512 g/mol. The number of rotatable bonds is 11. The van der Waals surface area contributed by atoms with E-state index in [4.69, 9.17) is 4.74 Å². The lowest BCUT2D eigenvalue weighted by Crippen LogP contribution is -2.46. The van der Waals surface area contributed by atoms with Crippen molar-refractivity contribution in [3.05, 3.63) is 72.4 Å². The number of anilines is 2. The number of fused-ring (bicyclic) bond motifs is 1. The van der Waals surface area contributed by atoms with Crippen LogP contribution >= 0.6 is 0 Å². The summed E-state index contributed by atoms with van der Waals surface area (Å²) in [7, 11) is 0. The van der Waals surface area contributed by atoms with Gasteiger partial charge in [-0.15, -0.1) is 5.10 Å². The van der Waals surface area contributed by atoms with Gasteiger partial charge in [0.2, 0.25) is 0 Å². The van der Waals surface area contributed by atoms with Crippen LogP contribution in [0.2, 0.25) is 0 Å². The molecule has 1 aliphatic heterocycles. The third-order valence-electron chi connectivity index (χ3n) is 7.11. The van der Waals surface area contributed by atoms with Gasteiger partial charge in [-0.1, -0.05) is 56.4 Å². The van der Waals surface area contributed by atoms with Gasteiger partial charge in [-0.25, -0.2) is 4.98 Å². The normalized spacial score (nSPS) is 13.7.